The van der Waals surface area contributed by atoms with Crippen molar-refractivity contribution in [2.45, 2.75) is 19.8 Å². The summed E-state index contributed by atoms with van der Waals surface area (Å²) in [6, 6.07) is 6.45. The first-order valence-corrected chi connectivity index (χ1v) is 6.83. The maximum atomic E-state index is 13.5. The van der Waals surface area contributed by atoms with Crippen molar-refractivity contribution in [2.24, 2.45) is 17.6 Å². The van der Waals surface area contributed by atoms with Crippen LogP contribution in [0.4, 0.5) is 4.39 Å². The van der Waals surface area contributed by atoms with E-state index >= 15 is 0 Å². The normalized spacial score (nSPS) is 23.4. The molecule has 1 amide bonds. The highest BCUT2D eigenvalue weighted by molar-refractivity contribution is 5.79. The second kappa shape index (κ2) is 6.15. The summed E-state index contributed by atoms with van der Waals surface area (Å²) in [5, 5.41) is 0. The molecule has 0 aliphatic carbocycles. The zero-order valence-corrected chi connectivity index (χ0v) is 11.3. The monoisotopic (exact) mass is 264 g/mol. The smallest absolute Gasteiger partial charge is 0.227 e. The molecule has 0 spiro atoms. The molecule has 1 heterocycles. The zero-order chi connectivity index (χ0) is 13.8. The zero-order valence-electron chi connectivity index (χ0n) is 11.3. The lowest BCUT2D eigenvalue weighted by atomic mass is 9.87. The Hall–Kier alpha value is -1.42. The SMILES string of the molecule is CC1CCN(C(=O)Cc2ccccc2F)CC1CN. The van der Waals surface area contributed by atoms with E-state index in [0.29, 0.717) is 30.5 Å². The van der Waals surface area contributed by atoms with E-state index in [1.807, 2.05) is 4.90 Å². The number of hydrogen-bond acceptors (Lipinski definition) is 2. The van der Waals surface area contributed by atoms with Gasteiger partial charge in [-0.3, -0.25) is 4.79 Å². The number of nitrogens with two attached hydrogens (primary N) is 1. The van der Waals surface area contributed by atoms with Crippen LogP contribution in [0.25, 0.3) is 0 Å². The lowest BCUT2D eigenvalue weighted by Gasteiger charge is -2.36. The number of carbonyl (C=O) groups is 1. The molecule has 1 aliphatic heterocycles. The van der Waals surface area contributed by atoms with Crippen LogP contribution in [0.15, 0.2) is 24.3 Å². The Kier molecular flexibility index (Phi) is 4.53. The summed E-state index contributed by atoms with van der Waals surface area (Å²) in [5.41, 5.74) is 6.20. The van der Waals surface area contributed by atoms with Crippen LogP contribution >= 0.6 is 0 Å². The van der Waals surface area contributed by atoms with Gasteiger partial charge in [-0.05, 0) is 36.4 Å². The molecule has 1 aliphatic rings. The van der Waals surface area contributed by atoms with Crippen LogP contribution in [-0.2, 0) is 11.2 Å². The number of rotatable bonds is 3. The fraction of sp³-hybridized carbons (Fsp3) is 0.533. The molecule has 19 heavy (non-hydrogen) atoms. The molecule has 2 N–H and O–H groups in total. The minimum Gasteiger partial charge on any atom is -0.342 e. The van der Waals surface area contributed by atoms with Gasteiger partial charge in [-0.15, -0.1) is 0 Å². The van der Waals surface area contributed by atoms with Crippen LogP contribution in [-0.4, -0.2) is 30.4 Å². The van der Waals surface area contributed by atoms with Gasteiger partial charge in [0.15, 0.2) is 0 Å². The van der Waals surface area contributed by atoms with E-state index in [0.717, 1.165) is 13.0 Å². The van der Waals surface area contributed by atoms with Gasteiger partial charge in [-0.25, -0.2) is 4.39 Å². The molecule has 0 aromatic heterocycles. The van der Waals surface area contributed by atoms with Crippen LogP contribution in [0.5, 0.6) is 0 Å². The lowest BCUT2D eigenvalue weighted by Crippen LogP contribution is -2.46. The van der Waals surface area contributed by atoms with Gasteiger partial charge in [0.05, 0.1) is 6.42 Å². The standard InChI is InChI=1S/C15H21FN2O/c1-11-6-7-18(10-13(11)9-17)15(19)8-12-4-2-3-5-14(12)16/h2-5,11,13H,6-10,17H2,1H3. The molecular weight excluding hydrogens is 243 g/mol. The third-order valence-corrected chi connectivity index (χ3v) is 4.07. The lowest BCUT2D eigenvalue weighted by molar-refractivity contribution is -0.132. The van der Waals surface area contributed by atoms with Crippen LogP contribution in [0.2, 0.25) is 0 Å². The summed E-state index contributed by atoms with van der Waals surface area (Å²) in [5.74, 6) is 0.605. The summed E-state index contributed by atoms with van der Waals surface area (Å²) in [4.78, 5) is 14.0. The fourth-order valence-electron chi connectivity index (χ4n) is 2.60. The van der Waals surface area contributed by atoms with E-state index in [4.69, 9.17) is 5.73 Å². The molecule has 3 nitrogen and oxygen atoms in total. The molecular formula is C15H21FN2O. The number of benzene rings is 1. The predicted octanol–water partition coefficient (Wildman–Crippen LogP) is 1.81. The van der Waals surface area contributed by atoms with Gasteiger partial charge in [-0.2, -0.15) is 0 Å². The number of hydrogen-bond donors (Lipinski definition) is 1. The first-order chi connectivity index (χ1) is 9.11. The van der Waals surface area contributed by atoms with Gasteiger partial charge >= 0.3 is 0 Å². The molecule has 1 aromatic carbocycles. The molecule has 1 aromatic rings. The Bertz CT molecular complexity index is 450. The van der Waals surface area contributed by atoms with E-state index < -0.39 is 0 Å². The number of likely N-dealkylation sites (tertiary alicyclic amines) is 1. The number of carbonyl (C=O) groups excluding carboxylic acids is 1. The van der Waals surface area contributed by atoms with Crippen molar-refractivity contribution >= 4 is 5.91 Å². The first-order valence-electron chi connectivity index (χ1n) is 6.83. The van der Waals surface area contributed by atoms with Crippen molar-refractivity contribution in [3.05, 3.63) is 35.6 Å². The highest BCUT2D eigenvalue weighted by Crippen LogP contribution is 2.23. The van der Waals surface area contributed by atoms with Crippen LogP contribution in [0.1, 0.15) is 18.9 Å². The predicted molar refractivity (Wildman–Crippen MR) is 73.0 cm³/mol. The maximum Gasteiger partial charge on any atom is 0.227 e. The third-order valence-electron chi connectivity index (χ3n) is 4.07. The molecule has 0 radical (unpaired) electrons. The van der Waals surface area contributed by atoms with E-state index in [2.05, 4.69) is 6.92 Å². The number of nitrogens with zero attached hydrogens (tertiary/aromatic N) is 1. The molecule has 0 saturated carbocycles. The average Bonchev–Trinajstić information content (AvgIpc) is 2.42. The molecule has 1 saturated heterocycles. The Morgan fingerprint density at radius 2 is 2.21 bits per heavy atom. The van der Waals surface area contributed by atoms with Gasteiger partial charge in [0.2, 0.25) is 5.91 Å². The topological polar surface area (TPSA) is 46.3 Å². The number of halogens is 1. The third kappa shape index (κ3) is 3.32. The summed E-state index contributed by atoms with van der Waals surface area (Å²) < 4.78 is 13.5. The van der Waals surface area contributed by atoms with Gasteiger partial charge < -0.3 is 10.6 Å². The van der Waals surface area contributed by atoms with Crippen LogP contribution in [0.3, 0.4) is 0 Å². The Labute approximate surface area is 113 Å². The van der Waals surface area contributed by atoms with E-state index in [1.54, 1.807) is 18.2 Å². The van der Waals surface area contributed by atoms with Crippen LogP contribution < -0.4 is 5.73 Å². The second-order valence-corrected chi connectivity index (χ2v) is 5.37. The Morgan fingerprint density at radius 1 is 1.47 bits per heavy atom. The summed E-state index contributed by atoms with van der Waals surface area (Å²) in [6.45, 7) is 4.23. The molecule has 0 bridgehead atoms. The maximum absolute atomic E-state index is 13.5. The van der Waals surface area contributed by atoms with Crippen molar-refractivity contribution < 1.29 is 9.18 Å². The van der Waals surface area contributed by atoms with Gasteiger partial charge in [0.25, 0.3) is 0 Å². The Morgan fingerprint density at radius 3 is 2.89 bits per heavy atom. The van der Waals surface area contributed by atoms with Crippen molar-refractivity contribution in [1.29, 1.82) is 0 Å². The summed E-state index contributed by atoms with van der Waals surface area (Å²) in [7, 11) is 0. The van der Waals surface area contributed by atoms with Gasteiger partial charge in [0.1, 0.15) is 5.82 Å². The van der Waals surface area contributed by atoms with E-state index in [-0.39, 0.29) is 18.1 Å². The summed E-state index contributed by atoms with van der Waals surface area (Å²) >= 11 is 0. The van der Waals surface area contributed by atoms with E-state index in [9.17, 15) is 9.18 Å². The Balaban J connectivity index is 1.99. The van der Waals surface area contributed by atoms with Crippen LogP contribution in [0, 0.1) is 17.7 Å². The van der Waals surface area contributed by atoms with Gasteiger partial charge in [0, 0.05) is 13.1 Å². The molecule has 104 valence electrons. The van der Waals surface area contributed by atoms with Crippen molar-refractivity contribution in [2.75, 3.05) is 19.6 Å². The molecule has 4 heteroatoms. The minimum absolute atomic E-state index is 0.00421. The summed E-state index contributed by atoms with van der Waals surface area (Å²) in [6.07, 6.45) is 1.11. The van der Waals surface area contributed by atoms with Crippen molar-refractivity contribution in [3.8, 4) is 0 Å². The fourth-order valence-corrected chi connectivity index (χ4v) is 2.60. The quantitative estimate of drug-likeness (QED) is 0.905. The molecule has 2 rings (SSSR count). The molecule has 2 atom stereocenters. The second-order valence-electron chi connectivity index (χ2n) is 5.37. The molecule has 2 unspecified atom stereocenters. The average molecular weight is 264 g/mol. The highest BCUT2D eigenvalue weighted by atomic mass is 19.1. The highest BCUT2D eigenvalue weighted by Gasteiger charge is 2.28. The number of piperidine rings is 1. The molecule has 1 fully saturated rings. The number of amides is 1. The van der Waals surface area contributed by atoms with E-state index in [1.165, 1.54) is 6.07 Å². The largest absolute Gasteiger partial charge is 0.342 e. The van der Waals surface area contributed by atoms with Gasteiger partial charge in [-0.1, -0.05) is 25.1 Å². The first kappa shape index (κ1) is 14.0. The van der Waals surface area contributed by atoms with Crippen molar-refractivity contribution in [3.63, 3.8) is 0 Å². The minimum atomic E-state index is -0.309. The van der Waals surface area contributed by atoms with Crippen molar-refractivity contribution in [1.82, 2.24) is 4.90 Å².